The molecule has 0 saturated heterocycles. The molecule has 0 aliphatic rings. The van der Waals surface area contributed by atoms with E-state index in [4.69, 9.17) is 14.2 Å². The van der Waals surface area contributed by atoms with Crippen LogP contribution in [0.1, 0.15) is 71.1 Å². The number of carbonyl (C=O) groups is 2. The van der Waals surface area contributed by atoms with Gasteiger partial charge in [0.25, 0.3) is 0 Å². The van der Waals surface area contributed by atoms with E-state index in [9.17, 15) is 9.59 Å². The summed E-state index contributed by atoms with van der Waals surface area (Å²) in [5.74, 6) is 0.166. The highest BCUT2D eigenvalue weighted by Gasteiger charge is 2.07. The van der Waals surface area contributed by atoms with Crippen LogP contribution in [0.3, 0.4) is 0 Å². The van der Waals surface area contributed by atoms with Crippen LogP contribution in [0.2, 0.25) is 0 Å². The van der Waals surface area contributed by atoms with Crippen molar-refractivity contribution in [2.75, 3.05) is 19.8 Å². The third-order valence-electron chi connectivity index (χ3n) is 4.20. The zero-order valence-electron chi connectivity index (χ0n) is 16.9. The van der Waals surface area contributed by atoms with Crippen LogP contribution in [0, 0.1) is 0 Å². The predicted octanol–water partition coefficient (Wildman–Crippen LogP) is 5.84. The first-order chi connectivity index (χ1) is 13.6. The molecule has 1 rings (SSSR count). The summed E-state index contributed by atoms with van der Waals surface area (Å²) < 4.78 is 16.7. The highest BCUT2D eigenvalue weighted by molar-refractivity contribution is 9.10. The molecule has 0 spiro atoms. The monoisotopic (exact) mass is 456 g/mol. The molecular weight excluding hydrogens is 424 g/mol. The minimum atomic E-state index is -0.320. The van der Waals surface area contributed by atoms with Crippen molar-refractivity contribution in [2.45, 2.75) is 71.1 Å². The van der Waals surface area contributed by atoms with Gasteiger partial charge in [-0.05, 0) is 37.1 Å². The van der Waals surface area contributed by atoms with Gasteiger partial charge in [-0.2, -0.15) is 0 Å². The van der Waals surface area contributed by atoms with Crippen LogP contribution in [0.25, 0.3) is 0 Å². The first-order valence-corrected chi connectivity index (χ1v) is 11.1. The van der Waals surface area contributed by atoms with Crippen molar-refractivity contribution in [3.8, 4) is 5.75 Å². The molecular formula is C22H33BrO5. The van der Waals surface area contributed by atoms with Gasteiger partial charge < -0.3 is 14.2 Å². The second kappa shape index (κ2) is 16.4. The molecule has 0 aliphatic heterocycles. The Labute approximate surface area is 177 Å². The van der Waals surface area contributed by atoms with Crippen LogP contribution in [-0.4, -0.2) is 31.8 Å². The normalized spacial score (nSPS) is 10.5. The highest BCUT2D eigenvalue weighted by Crippen LogP contribution is 2.15. The van der Waals surface area contributed by atoms with Crippen LogP contribution >= 0.6 is 15.9 Å². The number of unbranched alkanes of at least 4 members (excludes halogenated alkanes) is 6. The van der Waals surface area contributed by atoms with Crippen molar-refractivity contribution in [3.05, 3.63) is 28.7 Å². The van der Waals surface area contributed by atoms with Gasteiger partial charge in [0.1, 0.15) is 19.0 Å². The van der Waals surface area contributed by atoms with E-state index in [1.54, 1.807) is 0 Å². The SMILES string of the molecule is CCCCCCCCCOC(=O)CCCC(=O)OCCOc1ccc(Br)cc1. The number of hydrogen-bond donors (Lipinski definition) is 0. The zero-order valence-corrected chi connectivity index (χ0v) is 18.5. The number of hydrogen-bond acceptors (Lipinski definition) is 5. The molecule has 28 heavy (non-hydrogen) atoms. The molecule has 0 heterocycles. The Kier molecular flexibility index (Phi) is 14.3. The van der Waals surface area contributed by atoms with E-state index in [-0.39, 0.29) is 31.4 Å². The molecule has 0 unspecified atom stereocenters. The number of ether oxygens (including phenoxy) is 3. The minimum absolute atomic E-state index is 0.192. The molecule has 1 aromatic rings. The molecule has 0 aromatic heterocycles. The summed E-state index contributed by atoms with van der Waals surface area (Å²) in [5, 5.41) is 0. The maximum absolute atomic E-state index is 11.7. The van der Waals surface area contributed by atoms with E-state index < -0.39 is 0 Å². The van der Waals surface area contributed by atoms with Gasteiger partial charge in [0.2, 0.25) is 0 Å². The van der Waals surface area contributed by atoms with Gasteiger partial charge in [0, 0.05) is 17.3 Å². The molecule has 5 nitrogen and oxygen atoms in total. The van der Waals surface area contributed by atoms with Gasteiger partial charge in [-0.15, -0.1) is 0 Å². The molecule has 0 aliphatic carbocycles. The lowest BCUT2D eigenvalue weighted by molar-refractivity contribution is -0.146. The molecule has 0 bridgehead atoms. The van der Waals surface area contributed by atoms with Crippen molar-refractivity contribution in [3.63, 3.8) is 0 Å². The molecule has 0 radical (unpaired) electrons. The summed E-state index contributed by atoms with van der Waals surface area (Å²) in [7, 11) is 0. The second-order valence-electron chi connectivity index (χ2n) is 6.72. The first-order valence-electron chi connectivity index (χ1n) is 10.3. The largest absolute Gasteiger partial charge is 0.490 e. The Bertz CT molecular complexity index is 544. The molecule has 0 saturated carbocycles. The van der Waals surface area contributed by atoms with E-state index in [0.29, 0.717) is 19.6 Å². The lowest BCUT2D eigenvalue weighted by Crippen LogP contribution is -2.13. The number of halogens is 1. The van der Waals surface area contributed by atoms with Crippen molar-refractivity contribution in [1.29, 1.82) is 0 Å². The van der Waals surface area contributed by atoms with E-state index in [0.717, 1.165) is 23.1 Å². The fourth-order valence-electron chi connectivity index (χ4n) is 2.61. The van der Waals surface area contributed by atoms with Crippen LogP contribution in [0.15, 0.2) is 28.7 Å². The molecule has 6 heteroatoms. The maximum atomic E-state index is 11.7. The summed E-state index contributed by atoms with van der Waals surface area (Å²) in [6.07, 6.45) is 9.24. The lowest BCUT2D eigenvalue weighted by atomic mass is 10.1. The molecule has 0 amide bonds. The van der Waals surface area contributed by atoms with Gasteiger partial charge in [-0.3, -0.25) is 9.59 Å². The van der Waals surface area contributed by atoms with Crippen molar-refractivity contribution in [1.82, 2.24) is 0 Å². The predicted molar refractivity (Wildman–Crippen MR) is 113 cm³/mol. The summed E-state index contributed by atoms with van der Waals surface area (Å²) in [6, 6.07) is 7.44. The maximum Gasteiger partial charge on any atom is 0.305 e. The van der Waals surface area contributed by atoms with Crippen molar-refractivity contribution in [2.24, 2.45) is 0 Å². The van der Waals surface area contributed by atoms with Crippen LogP contribution < -0.4 is 4.74 Å². The smallest absolute Gasteiger partial charge is 0.305 e. The number of rotatable bonds is 16. The average Bonchev–Trinajstić information content (AvgIpc) is 2.68. The molecule has 1 aromatic carbocycles. The third kappa shape index (κ3) is 13.6. The van der Waals surface area contributed by atoms with E-state index in [1.807, 2.05) is 24.3 Å². The Balaban J connectivity index is 1.92. The van der Waals surface area contributed by atoms with Gasteiger partial charge in [-0.25, -0.2) is 0 Å². The quantitative estimate of drug-likeness (QED) is 0.231. The molecule has 0 atom stereocenters. The Hall–Kier alpha value is -1.56. The summed E-state index contributed by atoms with van der Waals surface area (Å²) in [6.45, 7) is 3.18. The fourth-order valence-corrected chi connectivity index (χ4v) is 2.88. The Morgan fingerprint density at radius 2 is 1.32 bits per heavy atom. The topological polar surface area (TPSA) is 61.8 Å². The summed E-state index contributed by atoms with van der Waals surface area (Å²) >= 11 is 3.35. The second-order valence-corrected chi connectivity index (χ2v) is 7.63. The number of esters is 2. The number of benzene rings is 1. The van der Waals surface area contributed by atoms with Gasteiger partial charge in [-0.1, -0.05) is 61.4 Å². The van der Waals surface area contributed by atoms with E-state index in [2.05, 4.69) is 22.9 Å². The third-order valence-corrected chi connectivity index (χ3v) is 4.73. The minimum Gasteiger partial charge on any atom is -0.490 e. The molecule has 0 fully saturated rings. The average molecular weight is 457 g/mol. The molecule has 158 valence electrons. The van der Waals surface area contributed by atoms with Gasteiger partial charge in [0.05, 0.1) is 6.61 Å². The van der Waals surface area contributed by atoms with Crippen molar-refractivity contribution >= 4 is 27.9 Å². The van der Waals surface area contributed by atoms with Crippen LogP contribution in [0.5, 0.6) is 5.75 Å². The van der Waals surface area contributed by atoms with E-state index in [1.165, 1.54) is 32.1 Å². The van der Waals surface area contributed by atoms with E-state index >= 15 is 0 Å². The number of carbonyl (C=O) groups excluding carboxylic acids is 2. The van der Waals surface area contributed by atoms with Gasteiger partial charge in [0.15, 0.2) is 0 Å². The standard InChI is InChI=1S/C22H33BrO5/c1-2-3-4-5-6-7-8-16-27-21(24)10-9-11-22(25)28-18-17-26-20-14-12-19(23)13-15-20/h12-15H,2-11,16-18H2,1H3. The van der Waals surface area contributed by atoms with Gasteiger partial charge >= 0.3 is 11.9 Å². The van der Waals surface area contributed by atoms with Crippen molar-refractivity contribution < 1.29 is 23.8 Å². The first kappa shape index (κ1) is 24.5. The van der Waals surface area contributed by atoms with Crippen LogP contribution in [0.4, 0.5) is 0 Å². The summed E-state index contributed by atoms with van der Waals surface area (Å²) in [5.41, 5.74) is 0. The zero-order chi connectivity index (χ0) is 20.5. The fraction of sp³-hybridized carbons (Fsp3) is 0.636. The lowest BCUT2D eigenvalue weighted by Gasteiger charge is -2.08. The summed E-state index contributed by atoms with van der Waals surface area (Å²) in [4.78, 5) is 23.3. The Morgan fingerprint density at radius 1 is 0.750 bits per heavy atom. The molecule has 0 N–H and O–H groups in total. The highest BCUT2D eigenvalue weighted by atomic mass is 79.9. The Morgan fingerprint density at radius 3 is 1.96 bits per heavy atom. The van der Waals surface area contributed by atoms with Crippen LogP contribution in [-0.2, 0) is 19.1 Å².